The lowest BCUT2D eigenvalue weighted by Gasteiger charge is -2.09. The number of nitrogen functional groups attached to an aromatic ring is 1. The Morgan fingerprint density at radius 1 is 1.52 bits per heavy atom. The van der Waals surface area contributed by atoms with Gasteiger partial charge in [-0.3, -0.25) is 10.1 Å². The molecule has 0 atom stereocenters. The van der Waals surface area contributed by atoms with Gasteiger partial charge in [0.05, 0.1) is 18.6 Å². The first-order valence-electron chi connectivity index (χ1n) is 5.84. The predicted molar refractivity (Wildman–Crippen MR) is 73.4 cm³/mol. The lowest BCUT2D eigenvalue weighted by Crippen LogP contribution is -2.08. The minimum Gasteiger partial charge on any atom is -0.497 e. The molecule has 1 aromatic carbocycles. The molecule has 8 nitrogen and oxygen atoms in total. The zero-order chi connectivity index (χ0) is 15.4. The van der Waals surface area contributed by atoms with Crippen molar-refractivity contribution in [3.8, 4) is 5.75 Å². The van der Waals surface area contributed by atoms with Gasteiger partial charge in [-0.05, 0) is 6.07 Å². The molecule has 0 aliphatic heterocycles. The number of benzene rings is 1. The summed E-state index contributed by atoms with van der Waals surface area (Å²) in [6.07, 6.45) is 1.46. The van der Waals surface area contributed by atoms with Crippen molar-refractivity contribution >= 4 is 17.2 Å². The van der Waals surface area contributed by atoms with E-state index in [1.165, 1.54) is 25.4 Å². The number of rotatable bonds is 5. The van der Waals surface area contributed by atoms with E-state index in [0.29, 0.717) is 5.82 Å². The van der Waals surface area contributed by atoms with E-state index < -0.39 is 16.4 Å². The van der Waals surface area contributed by atoms with Crippen LogP contribution in [0.5, 0.6) is 5.75 Å². The Bertz CT molecular complexity index is 680. The molecule has 0 amide bonds. The molecule has 3 N–H and O–H groups in total. The second-order valence-electron chi connectivity index (χ2n) is 4.01. The van der Waals surface area contributed by atoms with Crippen LogP contribution < -0.4 is 15.8 Å². The molecule has 21 heavy (non-hydrogen) atoms. The highest BCUT2D eigenvalue weighted by Crippen LogP contribution is 2.32. The number of ether oxygens (including phenoxy) is 1. The van der Waals surface area contributed by atoms with Crippen molar-refractivity contribution < 1.29 is 14.1 Å². The summed E-state index contributed by atoms with van der Waals surface area (Å²) in [6.45, 7) is 0.0541. The zero-order valence-corrected chi connectivity index (χ0v) is 11.0. The van der Waals surface area contributed by atoms with E-state index in [9.17, 15) is 14.5 Å². The third-order valence-corrected chi connectivity index (χ3v) is 2.62. The molecule has 0 aliphatic rings. The van der Waals surface area contributed by atoms with E-state index in [1.54, 1.807) is 0 Å². The van der Waals surface area contributed by atoms with Crippen LogP contribution in [-0.2, 0) is 6.54 Å². The van der Waals surface area contributed by atoms with Gasteiger partial charge in [0.15, 0.2) is 0 Å². The second-order valence-corrected chi connectivity index (χ2v) is 4.01. The number of aromatic nitrogens is 2. The average molecular weight is 293 g/mol. The van der Waals surface area contributed by atoms with Crippen molar-refractivity contribution in [1.82, 2.24) is 9.97 Å². The largest absolute Gasteiger partial charge is 0.497 e. The van der Waals surface area contributed by atoms with Crippen LogP contribution in [0.3, 0.4) is 0 Å². The van der Waals surface area contributed by atoms with Crippen LogP contribution in [0.4, 0.5) is 21.6 Å². The third-order valence-electron chi connectivity index (χ3n) is 2.62. The van der Waals surface area contributed by atoms with Gasteiger partial charge in [-0.25, -0.2) is 9.97 Å². The van der Waals surface area contributed by atoms with Crippen LogP contribution in [0, 0.1) is 15.9 Å². The summed E-state index contributed by atoms with van der Waals surface area (Å²) < 4.78 is 18.6. The fraction of sp³-hybridized carbons (Fsp3) is 0.167. The van der Waals surface area contributed by atoms with Crippen LogP contribution in [0.1, 0.15) is 5.82 Å². The topological polar surface area (TPSA) is 116 Å². The van der Waals surface area contributed by atoms with E-state index in [-0.39, 0.29) is 23.8 Å². The Kier molecular flexibility index (Phi) is 4.12. The Morgan fingerprint density at radius 2 is 2.29 bits per heavy atom. The Hall–Kier alpha value is -2.97. The quantitative estimate of drug-likeness (QED) is 0.636. The van der Waals surface area contributed by atoms with Gasteiger partial charge >= 0.3 is 5.69 Å². The summed E-state index contributed by atoms with van der Waals surface area (Å²) in [7, 11) is 1.34. The highest BCUT2D eigenvalue weighted by molar-refractivity contribution is 5.65. The van der Waals surface area contributed by atoms with Crippen molar-refractivity contribution in [2.24, 2.45) is 0 Å². The predicted octanol–water partition coefficient (Wildman–Crippen LogP) is 1.73. The molecule has 0 radical (unpaired) electrons. The van der Waals surface area contributed by atoms with Gasteiger partial charge in [0.1, 0.15) is 23.1 Å². The van der Waals surface area contributed by atoms with Gasteiger partial charge in [0, 0.05) is 18.3 Å². The summed E-state index contributed by atoms with van der Waals surface area (Å²) in [5.74, 6) is -0.231. The maximum absolute atomic E-state index is 13.7. The number of halogens is 1. The molecular weight excluding hydrogens is 281 g/mol. The maximum atomic E-state index is 13.7. The molecule has 9 heteroatoms. The molecule has 110 valence electrons. The Balaban J connectivity index is 2.29. The molecule has 1 heterocycles. The number of methoxy groups -OCH3 is 1. The van der Waals surface area contributed by atoms with Gasteiger partial charge in [0.25, 0.3) is 0 Å². The molecule has 0 unspecified atom stereocenters. The van der Waals surface area contributed by atoms with Crippen LogP contribution in [-0.4, -0.2) is 22.0 Å². The molecule has 2 rings (SSSR count). The molecule has 0 saturated heterocycles. The van der Waals surface area contributed by atoms with E-state index in [4.69, 9.17) is 10.5 Å². The van der Waals surface area contributed by atoms with Crippen LogP contribution >= 0.6 is 0 Å². The van der Waals surface area contributed by atoms with Gasteiger partial charge < -0.3 is 15.8 Å². The molecule has 0 spiro atoms. The molecule has 0 fully saturated rings. The second kappa shape index (κ2) is 5.99. The highest BCUT2D eigenvalue weighted by Gasteiger charge is 2.22. The molecule has 0 saturated carbocycles. The van der Waals surface area contributed by atoms with Crippen molar-refractivity contribution in [3.05, 3.63) is 46.2 Å². The van der Waals surface area contributed by atoms with Gasteiger partial charge in [0.2, 0.25) is 5.82 Å². The number of nitrogens with one attached hydrogen (secondary N) is 1. The van der Waals surface area contributed by atoms with Gasteiger partial charge in [-0.15, -0.1) is 0 Å². The minimum absolute atomic E-state index is 0.0251. The number of nitrogens with two attached hydrogens (primary N) is 1. The lowest BCUT2D eigenvalue weighted by molar-refractivity contribution is -0.386. The van der Waals surface area contributed by atoms with E-state index >= 15 is 0 Å². The smallest absolute Gasteiger partial charge is 0.327 e. The zero-order valence-electron chi connectivity index (χ0n) is 11.0. The summed E-state index contributed by atoms with van der Waals surface area (Å²) in [5.41, 5.74) is 4.82. The molecular formula is C12H12FN5O3. The SMILES string of the molecule is COc1cc(F)c([N+](=O)[O-])c(NCc2nccc(N)n2)c1. The minimum atomic E-state index is -0.990. The van der Waals surface area contributed by atoms with Crippen LogP contribution in [0.15, 0.2) is 24.4 Å². The van der Waals surface area contributed by atoms with Crippen LogP contribution in [0.25, 0.3) is 0 Å². The fourth-order valence-electron chi connectivity index (χ4n) is 1.69. The first-order chi connectivity index (χ1) is 10.0. The summed E-state index contributed by atoms with van der Waals surface area (Å²) in [4.78, 5) is 18.0. The lowest BCUT2D eigenvalue weighted by atomic mass is 10.2. The van der Waals surface area contributed by atoms with Crippen molar-refractivity contribution in [3.63, 3.8) is 0 Å². The number of nitrogens with zero attached hydrogens (tertiary/aromatic N) is 3. The third kappa shape index (κ3) is 3.32. The highest BCUT2D eigenvalue weighted by atomic mass is 19.1. The van der Waals surface area contributed by atoms with Gasteiger partial charge in [-0.2, -0.15) is 4.39 Å². The molecule has 0 bridgehead atoms. The van der Waals surface area contributed by atoms with Gasteiger partial charge in [-0.1, -0.05) is 0 Å². The van der Waals surface area contributed by atoms with Crippen molar-refractivity contribution in [2.45, 2.75) is 6.54 Å². The monoisotopic (exact) mass is 293 g/mol. The van der Waals surface area contributed by atoms with Crippen molar-refractivity contribution in [1.29, 1.82) is 0 Å². The summed E-state index contributed by atoms with van der Waals surface area (Å²) in [6, 6.07) is 3.78. The number of hydrogen-bond donors (Lipinski definition) is 2. The van der Waals surface area contributed by atoms with E-state index in [1.807, 2.05) is 0 Å². The summed E-state index contributed by atoms with van der Waals surface area (Å²) in [5, 5.41) is 13.7. The Morgan fingerprint density at radius 3 is 2.90 bits per heavy atom. The molecule has 0 aliphatic carbocycles. The van der Waals surface area contributed by atoms with Crippen molar-refractivity contribution in [2.75, 3.05) is 18.2 Å². The normalized spacial score (nSPS) is 10.2. The Labute approximate surface area is 118 Å². The van der Waals surface area contributed by atoms with E-state index in [0.717, 1.165) is 6.07 Å². The molecule has 1 aromatic heterocycles. The number of anilines is 2. The van der Waals surface area contributed by atoms with E-state index in [2.05, 4.69) is 15.3 Å². The first kappa shape index (κ1) is 14.4. The van der Waals surface area contributed by atoms with Crippen LogP contribution in [0.2, 0.25) is 0 Å². The number of nitro groups is 1. The maximum Gasteiger partial charge on any atom is 0.327 e. The molecule has 2 aromatic rings. The number of hydrogen-bond acceptors (Lipinski definition) is 7. The standard InChI is InChI=1S/C12H12FN5O3/c1-21-7-4-8(13)12(18(19)20)9(5-7)16-6-11-15-3-2-10(14)17-11/h2-5,16H,6H2,1H3,(H2,14,15,17). The first-order valence-corrected chi connectivity index (χ1v) is 5.84. The fourth-order valence-corrected chi connectivity index (χ4v) is 1.69. The average Bonchev–Trinajstić information content (AvgIpc) is 2.44. The summed E-state index contributed by atoms with van der Waals surface area (Å²) >= 11 is 0. The number of nitro benzene ring substituents is 1.